The Morgan fingerprint density at radius 1 is 1.18 bits per heavy atom. The van der Waals surface area contributed by atoms with Gasteiger partial charge in [0.05, 0.1) is 16.1 Å². The Hall–Kier alpha value is -3.53. The van der Waals surface area contributed by atoms with Gasteiger partial charge in [0, 0.05) is 18.2 Å². The monoisotopic (exact) mass is 296 g/mol. The summed E-state index contributed by atoms with van der Waals surface area (Å²) < 4.78 is 0. The number of hydrogen-bond acceptors (Lipinski definition) is 4. The number of diazo groups is 1. The summed E-state index contributed by atoms with van der Waals surface area (Å²) in [6.45, 7) is 0. The molecule has 0 aliphatic heterocycles. The molecular formula is C15H10N3O4+. The quantitative estimate of drug-likeness (QED) is 0.304. The summed E-state index contributed by atoms with van der Waals surface area (Å²) in [7, 11) is 0. The van der Waals surface area contributed by atoms with Crippen LogP contribution in [0.15, 0.2) is 48.5 Å². The number of rotatable bonds is 4. The first kappa shape index (κ1) is 14.9. The maximum Gasteiger partial charge on any atom is 0.385 e. The third kappa shape index (κ3) is 3.13. The van der Waals surface area contributed by atoms with Crippen LogP contribution in [0.1, 0.15) is 11.1 Å². The topological polar surface area (TPSA) is 109 Å². The number of benzene rings is 2. The van der Waals surface area contributed by atoms with Crippen molar-refractivity contribution < 1.29 is 14.8 Å². The molecule has 7 heteroatoms. The number of aliphatic carboxylic acids is 1. The highest BCUT2D eigenvalue weighted by atomic mass is 16.6. The van der Waals surface area contributed by atoms with E-state index in [0.717, 1.165) is 0 Å². The fourth-order valence-corrected chi connectivity index (χ4v) is 1.91. The molecule has 0 aromatic heterocycles. The molecule has 7 nitrogen and oxygen atoms in total. The molecule has 0 atom stereocenters. The SMILES string of the molecule is N#[N+]c1ccc(/C(=C\c2ccccc2[N+](=O)[O-])C(=O)O)cc1. The zero-order valence-corrected chi connectivity index (χ0v) is 11.2. The third-order valence-electron chi connectivity index (χ3n) is 2.96. The summed E-state index contributed by atoms with van der Waals surface area (Å²) in [4.78, 5) is 24.8. The van der Waals surface area contributed by atoms with E-state index in [0.29, 0.717) is 5.56 Å². The average molecular weight is 296 g/mol. The van der Waals surface area contributed by atoms with Crippen LogP contribution in [0.5, 0.6) is 0 Å². The Morgan fingerprint density at radius 2 is 1.82 bits per heavy atom. The van der Waals surface area contributed by atoms with Gasteiger partial charge in [0.25, 0.3) is 5.69 Å². The summed E-state index contributed by atoms with van der Waals surface area (Å²) in [6.07, 6.45) is 1.24. The molecule has 0 radical (unpaired) electrons. The van der Waals surface area contributed by atoms with E-state index in [-0.39, 0.29) is 22.5 Å². The van der Waals surface area contributed by atoms with Crippen LogP contribution in [-0.2, 0) is 4.79 Å². The van der Waals surface area contributed by atoms with E-state index < -0.39 is 10.9 Å². The van der Waals surface area contributed by atoms with Crippen LogP contribution in [0.25, 0.3) is 16.6 Å². The highest BCUT2D eigenvalue weighted by molar-refractivity contribution is 6.21. The lowest BCUT2D eigenvalue weighted by molar-refractivity contribution is -0.385. The molecule has 2 aromatic rings. The predicted octanol–water partition coefficient (Wildman–Crippen LogP) is 3.70. The molecule has 2 aromatic carbocycles. The van der Waals surface area contributed by atoms with Crippen LogP contribution < -0.4 is 0 Å². The molecule has 2 rings (SSSR count). The molecule has 0 aliphatic rings. The summed E-state index contributed by atoms with van der Waals surface area (Å²) in [6, 6.07) is 11.7. The van der Waals surface area contributed by atoms with Crippen LogP contribution in [-0.4, -0.2) is 16.0 Å². The zero-order chi connectivity index (χ0) is 16.1. The smallest absolute Gasteiger partial charge is 0.385 e. The highest BCUT2D eigenvalue weighted by Crippen LogP contribution is 2.26. The predicted molar refractivity (Wildman–Crippen MR) is 79.8 cm³/mol. The van der Waals surface area contributed by atoms with Crippen molar-refractivity contribution in [3.05, 3.63) is 74.7 Å². The second kappa shape index (κ2) is 6.28. The van der Waals surface area contributed by atoms with Crippen molar-refractivity contribution in [2.75, 3.05) is 0 Å². The summed E-state index contributed by atoms with van der Waals surface area (Å²) in [5.74, 6) is -1.22. The number of carboxylic acids is 1. The van der Waals surface area contributed by atoms with Gasteiger partial charge in [-0.1, -0.05) is 12.1 Å². The molecule has 22 heavy (non-hydrogen) atoms. The maximum absolute atomic E-state index is 11.4. The third-order valence-corrected chi connectivity index (χ3v) is 2.96. The molecule has 0 amide bonds. The molecule has 0 fully saturated rings. The minimum atomic E-state index is -1.22. The van der Waals surface area contributed by atoms with Crippen molar-refractivity contribution in [1.29, 1.82) is 5.39 Å². The molecule has 0 bridgehead atoms. The van der Waals surface area contributed by atoms with Crippen LogP contribution >= 0.6 is 0 Å². The van der Waals surface area contributed by atoms with Gasteiger partial charge in [-0.05, 0) is 29.8 Å². The largest absolute Gasteiger partial charge is 0.478 e. The van der Waals surface area contributed by atoms with Crippen molar-refractivity contribution in [3.8, 4) is 0 Å². The molecule has 1 N–H and O–H groups in total. The van der Waals surface area contributed by atoms with E-state index >= 15 is 0 Å². The Bertz CT molecular complexity index is 804. The molecule has 0 unspecified atom stereocenters. The van der Waals surface area contributed by atoms with E-state index in [1.54, 1.807) is 6.07 Å². The van der Waals surface area contributed by atoms with Crippen molar-refractivity contribution in [3.63, 3.8) is 0 Å². The Kier molecular flexibility index (Phi) is 4.24. The molecule has 0 saturated heterocycles. The first-order chi connectivity index (χ1) is 10.5. The maximum atomic E-state index is 11.4. The van der Waals surface area contributed by atoms with Crippen molar-refractivity contribution >= 4 is 29.0 Å². The zero-order valence-electron chi connectivity index (χ0n) is 11.2. The van der Waals surface area contributed by atoms with Crippen LogP contribution in [0.4, 0.5) is 11.4 Å². The molecule has 0 aliphatic carbocycles. The van der Waals surface area contributed by atoms with E-state index in [9.17, 15) is 20.0 Å². The Labute approximate surface area is 124 Å². The first-order valence-corrected chi connectivity index (χ1v) is 6.17. The molecule has 108 valence electrons. The van der Waals surface area contributed by atoms with Gasteiger partial charge in [-0.15, -0.1) is 0 Å². The number of para-hydroxylation sites is 1. The molecule has 0 heterocycles. The van der Waals surface area contributed by atoms with E-state index in [1.165, 1.54) is 48.5 Å². The Balaban J connectivity index is 2.55. The molecule has 0 spiro atoms. The van der Waals surface area contributed by atoms with Crippen molar-refractivity contribution in [1.82, 2.24) is 0 Å². The molecular weight excluding hydrogens is 286 g/mol. The average Bonchev–Trinajstić information content (AvgIpc) is 2.52. The highest BCUT2D eigenvalue weighted by Gasteiger charge is 2.16. The number of nitro groups is 1. The van der Waals surface area contributed by atoms with Gasteiger partial charge in [0.1, 0.15) is 0 Å². The standard InChI is InChI=1S/C15H9N3O4/c16-17-12-7-5-10(6-8-12)13(15(19)20)9-11-3-1-2-4-14(11)18(21)22/h1-9H/p+1/b13-9+. The summed E-state index contributed by atoms with van der Waals surface area (Å²) in [5, 5.41) is 28.9. The van der Waals surface area contributed by atoms with E-state index in [4.69, 9.17) is 5.39 Å². The van der Waals surface area contributed by atoms with Crippen LogP contribution in [0.3, 0.4) is 0 Å². The van der Waals surface area contributed by atoms with Gasteiger partial charge in [-0.3, -0.25) is 10.1 Å². The first-order valence-electron chi connectivity index (χ1n) is 6.17. The minimum Gasteiger partial charge on any atom is -0.478 e. The lowest BCUT2D eigenvalue weighted by Gasteiger charge is -2.03. The summed E-state index contributed by atoms with van der Waals surface area (Å²) in [5.41, 5.74) is 0.542. The fourth-order valence-electron chi connectivity index (χ4n) is 1.91. The fraction of sp³-hybridized carbons (Fsp3) is 0. The number of hydrogen-bond donors (Lipinski definition) is 1. The normalized spacial score (nSPS) is 10.8. The number of nitrogens with zero attached hydrogens (tertiary/aromatic N) is 3. The second-order valence-corrected chi connectivity index (χ2v) is 4.33. The lowest BCUT2D eigenvalue weighted by Crippen LogP contribution is -2.00. The van der Waals surface area contributed by atoms with Gasteiger partial charge in [-0.25, -0.2) is 4.79 Å². The van der Waals surface area contributed by atoms with Gasteiger partial charge in [0.15, 0.2) is 4.98 Å². The minimum absolute atomic E-state index is 0.0983. The van der Waals surface area contributed by atoms with Crippen molar-refractivity contribution in [2.24, 2.45) is 0 Å². The second-order valence-electron chi connectivity index (χ2n) is 4.33. The van der Waals surface area contributed by atoms with Gasteiger partial charge in [-0.2, -0.15) is 0 Å². The number of carboxylic acid groups (broad SMARTS) is 1. The van der Waals surface area contributed by atoms with E-state index in [2.05, 4.69) is 4.98 Å². The lowest BCUT2D eigenvalue weighted by atomic mass is 10.0. The van der Waals surface area contributed by atoms with Crippen LogP contribution in [0.2, 0.25) is 0 Å². The van der Waals surface area contributed by atoms with E-state index in [1.807, 2.05) is 0 Å². The summed E-state index contributed by atoms with van der Waals surface area (Å²) >= 11 is 0. The van der Waals surface area contributed by atoms with Crippen molar-refractivity contribution in [2.45, 2.75) is 0 Å². The van der Waals surface area contributed by atoms with Gasteiger partial charge < -0.3 is 5.11 Å². The Morgan fingerprint density at radius 3 is 2.36 bits per heavy atom. The van der Waals surface area contributed by atoms with Gasteiger partial charge >= 0.3 is 11.7 Å². The number of carbonyl (C=O) groups is 1. The number of nitro benzene ring substituents is 1. The molecule has 0 saturated carbocycles. The van der Waals surface area contributed by atoms with Gasteiger partial charge in [0.2, 0.25) is 5.39 Å². The van der Waals surface area contributed by atoms with Crippen LogP contribution in [0, 0.1) is 15.5 Å².